The third-order valence-electron chi connectivity index (χ3n) is 6.89. The van der Waals surface area contributed by atoms with Crippen molar-refractivity contribution in [1.29, 1.82) is 0 Å². The number of hydrogen-bond acceptors (Lipinski definition) is 0. The number of fused-ring (bicyclic) bond motifs is 2. The van der Waals surface area contributed by atoms with Crippen LogP contribution in [0.1, 0.15) is 109 Å². The molecule has 3 aromatic carbocycles. The molecule has 0 fully saturated rings. The molecule has 0 aromatic heterocycles. The molecule has 0 spiro atoms. The molecule has 3 rings (SSSR count). The van der Waals surface area contributed by atoms with Gasteiger partial charge < -0.3 is 0 Å². The zero-order valence-electron chi connectivity index (χ0n) is 20.0. The van der Waals surface area contributed by atoms with Crippen LogP contribution in [-0.4, -0.2) is 0 Å². The van der Waals surface area contributed by atoms with Gasteiger partial charge in [-0.2, -0.15) is 0 Å². The first-order valence-electron chi connectivity index (χ1n) is 13.3. The maximum absolute atomic E-state index is 2.39. The average Bonchev–Trinajstić information content (AvgIpc) is 2.80. The van der Waals surface area contributed by atoms with Gasteiger partial charge in [0.15, 0.2) is 0 Å². The SMILES string of the molecule is CCCCCCCCCCCCCCCCCc1cccc2cc3ccccc3cc12. The summed E-state index contributed by atoms with van der Waals surface area (Å²) in [5.74, 6) is 0. The summed E-state index contributed by atoms with van der Waals surface area (Å²) < 4.78 is 0. The highest BCUT2D eigenvalue weighted by atomic mass is 14.1. The number of benzene rings is 3. The topological polar surface area (TPSA) is 0 Å². The Morgan fingerprint density at radius 1 is 0.452 bits per heavy atom. The van der Waals surface area contributed by atoms with E-state index in [1.54, 1.807) is 0 Å². The zero-order chi connectivity index (χ0) is 21.6. The van der Waals surface area contributed by atoms with E-state index in [0.29, 0.717) is 0 Å². The van der Waals surface area contributed by atoms with Crippen LogP contribution in [0.3, 0.4) is 0 Å². The molecule has 0 heterocycles. The van der Waals surface area contributed by atoms with Crippen LogP contribution in [0.25, 0.3) is 21.5 Å². The second kappa shape index (κ2) is 14.3. The molecule has 0 aliphatic rings. The van der Waals surface area contributed by atoms with Gasteiger partial charge in [0, 0.05) is 0 Å². The van der Waals surface area contributed by atoms with Crippen molar-refractivity contribution < 1.29 is 0 Å². The van der Waals surface area contributed by atoms with E-state index >= 15 is 0 Å². The first-order valence-corrected chi connectivity index (χ1v) is 13.3. The molecule has 0 amide bonds. The summed E-state index contributed by atoms with van der Waals surface area (Å²) in [6.07, 6.45) is 22.7. The van der Waals surface area contributed by atoms with Crippen molar-refractivity contribution >= 4 is 21.5 Å². The predicted octanol–water partition coefficient (Wildman–Crippen LogP) is 10.4. The first-order chi connectivity index (χ1) is 15.4. The molecular weight excluding hydrogens is 372 g/mol. The van der Waals surface area contributed by atoms with Gasteiger partial charge in [-0.1, -0.05) is 139 Å². The Hall–Kier alpha value is -1.82. The van der Waals surface area contributed by atoms with Gasteiger partial charge in [0.05, 0.1) is 0 Å². The lowest BCUT2D eigenvalue weighted by Gasteiger charge is -2.09. The van der Waals surface area contributed by atoms with Crippen molar-refractivity contribution in [2.24, 2.45) is 0 Å². The Kier molecular flexibility index (Phi) is 11.0. The quantitative estimate of drug-likeness (QED) is 0.161. The highest BCUT2D eigenvalue weighted by molar-refractivity contribution is 5.99. The van der Waals surface area contributed by atoms with Crippen molar-refractivity contribution in [2.75, 3.05) is 0 Å². The van der Waals surface area contributed by atoms with Crippen molar-refractivity contribution in [2.45, 2.75) is 110 Å². The molecule has 3 aromatic rings. The fourth-order valence-corrected chi connectivity index (χ4v) is 4.94. The maximum atomic E-state index is 2.39. The first kappa shape index (κ1) is 23.8. The van der Waals surface area contributed by atoms with Gasteiger partial charge in [-0.25, -0.2) is 0 Å². The van der Waals surface area contributed by atoms with E-state index in [4.69, 9.17) is 0 Å². The summed E-state index contributed by atoms with van der Waals surface area (Å²) in [5, 5.41) is 5.54. The van der Waals surface area contributed by atoms with E-state index in [1.165, 1.54) is 130 Å². The Morgan fingerprint density at radius 2 is 0.935 bits per heavy atom. The summed E-state index contributed by atoms with van der Waals surface area (Å²) in [6.45, 7) is 2.30. The molecular formula is C31H44. The Bertz CT molecular complexity index is 875. The summed E-state index contributed by atoms with van der Waals surface area (Å²) in [5.41, 5.74) is 1.53. The molecule has 0 aliphatic heterocycles. The fraction of sp³-hybridized carbons (Fsp3) is 0.548. The molecule has 31 heavy (non-hydrogen) atoms. The van der Waals surface area contributed by atoms with Crippen molar-refractivity contribution in [3.05, 3.63) is 60.2 Å². The number of unbranched alkanes of at least 4 members (excludes halogenated alkanes) is 14. The second-order valence-electron chi connectivity index (χ2n) is 9.54. The average molecular weight is 417 g/mol. The van der Waals surface area contributed by atoms with E-state index in [0.717, 1.165) is 0 Å². The van der Waals surface area contributed by atoms with Gasteiger partial charge in [0.1, 0.15) is 0 Å². The van der Waals surface area contributed by atoms with Gasteiger partial charge in [0.2, 0.25) is 0 Å². The van der Waals surface area contributed by atoms with Crippen molar-refractivity contribution in [3.63, 3.8) is 0 Å². The lowest BCUT2D eigenvalue weighted by atomic mass is 9.96. The molecule has 0 saturated carbocycles. The minimum Gasteiger partial charge on any atom is -0.0654 e. The summed E-state index contributed by atoms with van der Waals surface area (Å²) in [7, 11) is 0. The van der Waals surface area contributed by atoms with E-state index in [1.807, 2.05) is 0 Å². The standard InChI is InChI=1S/C31H44/c1-2-3-4-5-6-7-8-9-10-11-12-13-14-15-16-20-27-23-19-24-30-25-28-21-17-18-22-29(28)26-31(27)30/h17-19,21-26H,2-16,20H2,1H3. The second-order valence-corrected chi connectivity index (χ2v) is 9.54. The largest absolute Gasteiger partial charge is 0.0654 e. The van der Waals surface area contributed by atoms with E-state index in [9.17, 15) is 0 Å². The molecule has 0 unspecified atom stereocenters. The lowest BCUT2D eigenvalue weighted by Crippen LogP contribution is -1.89. The molecule has 0 N–H and O–H groups in total. The smallest absolute Gasteiger partial charge is 0.0146 e. The minimum atomic E-state index is 1.22. The van der Waals surface area contributed by atoms with Crippen LogP contribution in [0.4, 0.5) is 0 Å². The maximum Gasteiger partial charge on any atom is -0.0146 e. The highest BCUT2D eigenvalue weighted by Gasteiger charge is 2.03. The van der Waals surface area contributed by atoms with Gasteiger partial charge in [-0.3, -0.25) is 0 Å². The third kappa shape index (κ3) is 8.32. The molecule has 0 bridgehead atoms. The molecule has 0 atom stereocenters. The van der Waals surface area contributed by atoms with Crippen LogP contribution < -0.4 is 0 Å². The van der Waals surface area contributed by atoms with Crippen LogP contribution in [0, 0.1) is 0 Å². The van der Waals surface area contributed by atoms with Crippen molar-refractivity contribution in [1.82, 2.24) is 0 Å². The van der Waals surface area contributed by atoms with Crippen LogP contribution in [0.15, 0.2) is 54.6 Å². The molecule has 0 saturated heterocycles. The third-order valence-corrected chi connectivity index (χ3v) is 6.89. The highest BCUT2D eigenvalue weighted by Crippen LogP contribution is 2.26. The Labute approximate surface area is 191 Å². The monoisotopic (exact) mass is 416 g/mol. The Balaban J connectivity index is 1.25. The number of aryl methyl sites for hydroxylation is 1. The van der Waals surface area contributed by atoms with Crippen LogP contribution in [0.2, 0.25) is 0 Å². The normalized spacial score (nSPS) is 11.5. The van der Waals surface area contributed by atoms with Gasteiger partial charge in [-0.05, 0) is 52.1 Å². The summed E-state index contributed by atoms with van der Waals surface area (Å²) >= 11 is 0. The molecule has 0 nitrogen and oxygen atoms in total. The van der Waals surface area contributed by atoms with Gasteiger partial charge in [-0.15, -0.1) is 0 Å². The predicted molar refractivity (Wildman–Crippen MR) is 140 cm³/mol. The van der Waals surface area contributed by atoms with Gasteiger partial charge in [0.25, 0.3) is 0 Å². The van der Waals surface area contributed by atoms with Gasteiger partial charge >= 0.3 is 0 Å². The van der Waals surface area contributed by atoms with Crippen molar-refractivity contribution in [3.8, 4) is 0 Å². The number of rotatable bonds is 16. The lowest BCUT2D eigenvalue weighted by molar-refractivity contribution is 0.532. The van der Waals surface area contributed by atoms with E-state index < -0.39 is 0 Å². The molecule has 0 radical (unpaired) electrons. The van der Waals surface area contributed by atoms with E-state index in [-0.39, 0.29) is 0 Å². The zero-order valence-corrected chi connectivity index (χ0v) is 20.0. The number of hydrogen-bond donors (Lipinski definition) is 0. The Morgan fingerprint density at radius 3 is 1.52 bits per heavy atom. The molecule has 0 aliphatic carbocycles. The van der Waals surface area contributed by atoms with E-state index in [2.05, 4.69) is 61.5 Å². The summed E-state index contributed by atoms with van der Waals surface area (Å²) in [4.78, 5) is 0. The molecule has 168 valence electrons. The van der Waals surface area contributed by atoms with Crippen LogP contribution in [-0.2, 0) is 6.42 Å². The minimum absolute atomic E-state index is 1.22. The van der Waals surface area contributed by atoms with Crippen LogP contribution >= 0.6 is 0 Å². The summed E-state index contributed by atoms with van der Waals surface area (Å²) in [6, 6.07) is 20.3. The fourth-order valence-electron chi connectivity index (χ4n) is 4.94. The van der Waals surface area contributed by atoms with Crippen LogP contribution in [0.5, 0.6) is 0 Å². The molecule has 0 heteroatoms.